The molecular formula is C10H8BrF3O3. The Balaban J connectivity index is 2.64. The smallest absolute Gasteiger partial charge is 0.411 e. The molecule has 0 amide bonds. The van der Waals surface area contributed by atoms with Crippen LogP contribution in [0.2, 0.25) is 0 Å². The Labute approximate surface area is 103 Å². The van der Waals surface area contributed by atoms with Gasteiger partial charge in [0.05, 0.1) is 12.2 Å². The number of carbonyl (C=O) groups is 1. The molecule has 7 heteroatoms. The number of hydrogen-bond acceptors (Lipinski definition) is 2. The van der Waals surface area contributed by atoms with Crippen LogP contribution in [0, 0.1) is 0 Å². The molecule has 0 unspecified atom stereocenters. The fraction of sp³-hybridized carbons (Fsp3) is 0.300. The Morgan fingerprint density at radius 1 is 1.41 bits per heavy atom. The summed E-state index contributed by atoms with van der Waals surface area (Å²) in [4.78, 5) is 10.6. The zero-order chi connectivity index (χ0) is 13.1. The van der Waals surface area contributed by atoms with Crippen LogP contribution < -0.4 is 0 Å². The summed E-state index contributed by atoms with van der Waals surface area (Å²) in [6.45, 7) is -1.57. The van der Waals surface area contributed by atoms with Crippen LogP contribution in [0.1, 0.15) is 15.9 Å². The number of carboxylic acid groups (broad SMARTS) is 1. The van der Waals surface area contributed by atoms with E-state index >= 15 is 0 Å². The second kappa shape index (κ2) is 5.50. The number of rotatable bonds is 4. The lowest BCUT2D eigenvalue weighted by molar-refractivity contribution is -0.176. The maximum absolute atomic E-state index is 11.8. The first-order valence-corrected chi connectivity index (χ1v) is 5.25. The summed E-state index contributed by atoms with van der Waals surface area (Å²) in [7, 11) is 0. The Kier molecular flexibility index (Phi) is 4.53. The fourth-order valence-corrected chi connectivity index (χ4v) is 1.57. The molecular weight excluding hydrogens is 305 g/mol. The van der Waals surface area contributed by atoms with E-state index in [0.717, 1.165) is 0 Å². The van der Waals surface area contributed by atoms with Crippen LogP contribution >= 0.6 is 15.9 Å². The summed E-state index contributed by atoms with van der Waals surface area (Å²) in [6, 6.07) is 4.03. The number of halogens is 4. The zero-order valence-corrected chi connectivity index (χ0v) is 10.0. The van der Waals surface area contributed by atoms with Gasteiger partial charge < -0.3 is 9.84 Å². The average Bonchev–Trinajstić information content (AvgIpc) is 2.18. The van der Waals surface area contributed by atoms with Crippen molar-refractivity contribution >= 4 is 21.9 Å². The summed E-state index contributed by atoms with van der Waals surface area (Å²) in [5, 5.41) is 8.68. The third-order valence-corrected chi connectivity index (χ3v) is 2.56. The lowest BCUT2D eigenvalue weighted by Crippen LogP contribution is -2.16. The van der Waals surface area contributed by atoms with Gasteiger partial charge in [0.1, 0.15) is 6.61 Å². The normalized spacial score (nSPS) is 11.5. The van der Waals surface area contributed by atoms with Crippen molar-refractivity contribution in [3.05, 3.63) is 33.8 Å². The molecule has 0 bridgehead atoms. The highest BCUT2D eigenvalue weighted by molar-refractivity contribution is 9.10. The van der Waals surface area contributed by atoms with E-state index in [9.17, 15) is 18.0 Å². The third kappa shape index (κ3) is 4.74. The van der Waals surface area contributed by atoms with Gasteiger partial charge in [0.15, 0.2) is 0 Å². The standard InChI is InChI=1S/C10H8BrF3O3/c11-8-3-6(9(15)16)1-2-7(8)4-17-5-10(12,13)14/h1-3H,4-5H2,(H,15,16). The Hall–Kier alpha value is -1.08. The van der Waals surface area contributed by atoms with Gasteiger partial charge in [0.25, 0.3) is 0 Å². The van der Waals surface area contributed by atoms with Gasteiger partial charge in [-0.25, -0.2) is 4.79 Å². The van der Waals surface area contributed by atoms with Crippen molar-refractivity contribution in [2.45, 2.75) is 12.8 Å². The van der Waals surface area contributed by atoms with Crippen molar-refractivity contribution < 1.29 is 27.8 Å². The summed E-state index contributed by atoms with van der Waals surface area (Å²) >= 11 is 3.07. The van der Waals surface area contributed by atoms with Gasteiger partial charge in [-0.05, 0) is 17.7 Å². The molecule has 0 fully saturated rings. The van der Waals surface area contributed by atoms with E-state index in [1.165, 1.54) is 18.2 Å². The van der Waals surface area contributed by atoms with Gasteiger partial charge in [0, 0.05) is 4.47 Å². The van der Waals surface area contributed by atoms with Gasteiger partial charge in [0.2, 0.25) is 0 Å². The molecule has 1 N–H and O–H groups in total. The second-order valence-electron chi connectivity index (χ2n) is 3.22. The van der Waals surface area contributed by atoms with E-state index in [4.69, 9.17) is 5.11 Å². The van der Waals surface area contributed by atoms with E-state index in [1.54, 1.807) is 0 Å². The molecule has 1 rings (SSSR count). The predicted molar refractivity (Wildman–Crippen MR) is 56.8 cm³/mol. The lowest BCUT2D eigenvalue weighted by atomic mass is 10.1. The topological polar surface area (TPSA) is 46.5 Å². The van der Waals surface area contributed by atoms with Crippen LogP contribution in [-0.4, -0.2) is 23.9 Å². The highest BCUT2D eigenvalue weighted by Crippen LogP contribution is 2.21. The molecule has 0 spiro atoms. The summed E-state index contributed by atoms with van der Waals surface area (Å²) in [6.07, 6.45) is -4.37. The minimum absolute atomic E-state index is 0.0523. The first-order chi connectivity index (χ1) is 7.79. The Morgan fingerprint density at radius 3 is 2.53 bits per heavy atom. The molecule has 0 aliphatic carbocycles. The molecule has 0 heterocycles. The molecule has 0 radical (unpaired) electrons. The molecule has 1 aromatic carbocycles. The highest BCUT2D eigenvalue weighted by atomic mass is 79.9. The predicted octanol–water partition coefficient (Wildman–Crippen LogP) is 3.23. The minimum atomic E-state index is -4.37. The summed E-state index contributed by atoms with van der Waals surface area (Å²) in [5.41, 5.74) is 0.510. The minimum Gasteiger partial charge on any atom is -0.478 e. The number of carboxylic acids is 1. The molecule has 0 aliphatic rings. The summed E-state index contributed by atoms with van der Waals surface area (Å²) < 4.78 is 40.3. The molecule has 17 heavy (non-hydrogen) atoms. The van der Waals surface area contributed by atoms with Crippen molar-refractivity contribution in [3.63, 3.8) is 0 Å². The first-order valence-electron chi connectivity index (χ1n) is 4.46. The number of alkyl halides is 3. The van der Waals surface area contributed by atoms with Crippen molar-refractivity contribution in [2.75, 3.05) is 6.61 Å². The maximum Gasteiger partial charge on any atom is 0.411 e. The molecule has 3 nitrogen and oxygen atoms in total. The molecule has 0 aromatic heterocycles. The molecule has 1 aromatic rings. The second-order valence-corrected chi connectivity index (χ2v) is 4.07. The third-order valence-electron chi connectivity index (χ3n) is 1.82. The van der Waals surface area contributed by atoms with E-state index in [0.29, 0.717) is 10.0 Å². The van der Waals surface area contributed by atoms with Gasteiger partial charge >= 0.3 is 12.1 Å². The number of hydrogen-bond donors (Lipinski definition) is 1. The van der Waals surface area contributed by atoms with Crippen LogP contribution in [0.25, 0.3) is 0 Å². The molecule has 0 saturated carbocycles. The number of benzene rings is 1. The number of ether oxygens (including phenoxy) is 1. The van der Waals surface area contributed by atoms with Gasteiger partial charge in [-0.2, -0.15) is 13.2 Å². The zero-order valence-electron chi connectivity index (χ0n) is 8.42. The van der Waals surface area contributed by atoms with Gasteiger partial charge in [-0.1, -0.05) is 22.0 Å². The quantitative estimate of drug-likeness (QED) is 0.928. The van der Waals surface area contributed by atoms with Crippen molar-refractivity contribution in [1.82, 2.24) is 0 Å². The first kappa shape index (κ1) is 14.0. The lowest BCUT2D eigenvalue weighted by Gasteiger charge is -2.09. The van der Waals surface area contributed by atoms with Crippen molar-refractivity contribution in [2.24, 2.45) is 0 Å². The fourth-order valence-electron chi connectivity index (χ4n) is 1.07. The van der Waals surface area contributed by atoms with Crippen molar-refractivity contribution in [1.29, 1.82) is 0 Å². The molecule has 0 atom stereocenters. The SMILES string of the molecule is O=C(O)c1ccc(COCC(F)(F)F)c(Br)c1. The van der Waals surface area contributed by atoms with Gasteiger partial charge in [-0.15, -0.1) is 0 Å². The number of aromatic carboxylic acids is 1. The Morgan fingerprint density at radius 2 is 2.06 bits per heavy atom. The van der Waals surface area contributed by atoms with Crippen molar-refractivity contribution in [3.8, 4) is 0 Å². The van der Waals surface area contributed by atoms with Crippen LogP contribution in [0.15, 0.2) is 22.7 Å². The van der Waals surface area contributed by atoms with Crippen LogP contribution in [0.5, 0.6) is 0 Å². The Bertz CT molecular complexity index is 418. The molecule has 0 saturated heterocycles. The van der Waals surface area contributed by atoms with E-state index < -0.39 is 18.8 Å². The van der Waals surface area contributed by atoms with E-state index in [2.05, 4.69) is 20.7 Å². The van der Waals surface area contributed by atoms with E-state index in [1.807, 2.05) is 0 Å². The average molecular weight is 313 g/mol. The van der Waals surface area contributed by atoms with Crippen LogP contribution in [0.3, 0.4) is 0 Å². The highest BCUT2D eigenvalue weighted by Gasteiger charge is 2.27. The van der Waals surface area contributed by atoms with Gasteiger partial charge in [-0.3, -0.25) is 0 Å². The largest absolute Gasteiger partial charge is 0.478 e. The van der Waals surface area contributed by atoms with Crippen LogP contribution in [-0.2, 0) is 11.3 Å². The maximum atomic E-state index is 11.8. The van der Waals surface area contributed by atoms with E-state index in [-0.39, 0.29) is 12.2 Å². The molecule has 94 valence electrons. The molecule has 0 aliphatic heterocycles. The van der Waals surface area contributed by atoms with Crippen LogP contribution in [0.4, 0.5) is 13.2 Å². The summed E-state index contributed by atoms with van der Waals surface area (Å²) in [5.74, 6) is -1.10. The monoisotopic (exact) mass is 312 g/mol.